The largest absolute Gasteiger partial charge is 0.356 e. The van der Waals surface area contributed by atoms with Crippen molar-refractivity contribution in [1.29, 1.82) is 0 Å². The van der Waals surface area contributed by atoms with Gasteiger partial charge in [-0.25, -0.2) is 4.79 Å². The third kappa shape index (κ3) is 5.72. The number of carbonyl (C=O) groups excluding carboxylic acids is 4. The normalized spacial score (nSPS) is 16.2. The number of fused-ring (bicyclic) bond motifs is 1. The van der Waals surface area contributed by atoms with Gasteiger partial charge in [0.2, 0.25) is 5.91 Å². The van der Waals surface area contributed by atoms with E-state index >= 15 is 0 Å². The molecule has 0 aromatic heterocycles. The van der Waals surface area contributed by atoms with Crippen molar-refractivity contribution < 1.29 is 24.1 Å². The second-order valence-electron chi connectivity index (χ2n) is 9.72. The van der Waals surface area contributed by atoms with Crippen LogP contribution < -0.4 is 21.3 Å². The quantitative estimate of drug-likeness (QED) is 0.140. The van der Waals surface area contributed by atoms with E-state index in [4.69, 9.17) is 0 Å². The first-order valence-corrected chi connectivity index (χ1v) is 13.0. The summed E-state index contributed by atoms with van der Waals surface area (Å²) in [5, 5.41) is 22.9. The van der Waals surface area contributed by atoms with E-state index in [0.29, 0.717) is 46.7 Å². The molecular formula is C30H26N6O6. The molecule has 2 aliphatic rings. The number of benzene rings is 3. The lowest BCUT2D eigenvalue weighted by molar-refractivity contribution is -0.384. The molecule has 2 aliphatic heterocycles. The van der Waals surface area contributed by atoms with Gasteiger partial charge in [0.05, 0.1) is 16.2 Å². The minimum Gasteiger partial charge on any atom is -0.356 e. The van der Waals surface area contributed by atoms with Crippen LogP contribution in [0.25, 0.3) is 17.3 Å². The summed E-state index contributed by atoms with van der Waals surface area (Å²) < 4.78 is 0. The summed E-state index contributed by atoms with van der Waals surface area (Å²) in [6.45, 7) is 1.94. The number of anilines is 2. The molecule has 2 heterocycles. The Balaban J connectivity index is 1.51. The summed E-state index contributed by atoms with van der Waals surface area (Å²) in [4.78, 5) is 60.3. The minimum atomic E-state index is -0.514. The van der Waals surface area contributed by atoms with E-state index in [1.165, 1.54) is 32.2 Å². The van der Waals surface area contributed by atoms with Gasteiger partial charge in [-0.15, -0.1) is 0 Å². The Hall–Kier alpha value is -5.78. The van der Waals surface area contributed by atoms with E-state index < -0.39 is 22.8 Å². The highest BCUT2D eigenvalue weighted by Gasteiger charge is 2.31. The average molecular weight is 567 g/mol. The van der Waals surface area contributed by atoms with Gasteiger partial charge in [0.15, 0.2) is 0 Å². The van der Waals surface area contributed by atoms with Crippen molar-refractivity contribution in [3.63, 3.8) is 0 Å². The van der Waals surface area contributed by atoms with Gasteiger partial charge < -0.3 is 21.3 Å². The highest BCUT2D eigenvalue weighted by molar-refractivity contribution is 6.37. The van der Waals surface area contributed by atoms with Crippen LogP contribution in [0, 0.1) is 10.1 Å². The fourth-order valence-electron chi connectivity index (χ4n) is 4.61. The molecule has 5 rings (SSSR count). The van der Waals surface area contributed by atoms with Gasteiger partial charge in [0.25, 0.3) is 17.5 Å². The van der Waals surface area contributed by atoms with Gasteiger partial charge in [-0.2, -0.15) is 0 Å². The van der Waals surface area contributed by atoms with Crippen molar-refractivity contribution in [2.75, 3.05) is 24.2 Å². The lowest BCUT2D eigenvalue weighted by Crippen LogP contribution is -2.25. The summed E-state index contributed by atoms with van der Waals surface area (Å²) in [6.07, 6.45) is 2.18. The first-order chi connectivity index (χ1) is 20.1. The summed E-state index contributed by atoms with van der Waals surface area (Å²) in [5.74, 6) is -0.963. The van der Waals surface area contributed by atoms with Crippen molar-refractivity contribution in [2.45, 2.75) is 13.3 Å². The molecule has 0 unspecified atom stereocenters. The fraction of sp³-hybridized carbons (Fsp3) is 0.133. The molecule has 3 aromatic rings. The Morgan fingerprint density at radius 2 is 1.71 bits per heavy atom. The van der Waals surface area contributed by atoms with Crippen LogP contribution in [-0.2, 0) is 20.8 Å². The lowest BCUT2D eigenvalue weighted by atomic mass is 9.98. The smallest absolute Gasteiger partial charge is 0.328 e. The number of nitrogens with one attached hydrogen (secondary N) is 4. The first-order valence-electron chi connectivity index (χ1n) is 13.0. The van der Waals surface area contributed by atoms with Gasteiger partial charge >= 0.3 is 6.03 Å². The molecule has 1 fully saturated rings. The van der Waals surface area contributed by atoms with Crippen LogP contribution in [0.1, 0.15) is 29.2 Å². The first kappa shape index (κ1) is 27.8. The molecular weight excluding hydrogens is 540 g/mol. The number of likely N-dealkylation sites (N-methyl/N-ethyl adjacent to an activating group) is 1. The SMILES string of the molecule is CC(=O)NCCc1ccc(/C(Nc2ccc(/C=C3\NC(=O)N(C)C3=O)cc2)=C2/C(=O)Nc3ccc([N+](=O)[O-])cc32)cc1. The Morgan fingerprint density at radius 1 is 1.00 bits per heavy atom. The number of imide groups is 1. The number of nitro groups is 1. The van der Waals surface area contributed by atoms with Crippen LogP contribution in [0.4, 0.5) is 21.9 Å². The Kier molecular flexibility index (Phi) is 7.52. The summed E-state index contributed by atoms with van der Waals surface area (Å²) in [6, 6.07) is 18.1. The third-order valence-electron chi connectivity index (χ3n) is 6.81. The van der Waals surface area contributed by atoms with Crippen LogP contribution in [0.5, 0.6) is 0 Å². The van der Waals surface area contributed by atoms with Crippen LogP contribution in [0.3, 0.4) is 0 Å². The Labute approximate surface area is 240 Å². The van der Waals surface area contributed by atoms with Crippen LogP contribution >= 0.6 is 0 Å². The monoisotopic (exact) mass is 566 g/mol. The topological polar surface area (TPSA) is 163 Å². The van der Waals surface area contributed by atoms with Crippen LogP contribution in [-0.4, -0.2) is 47.2 Å². The molecule has 0 aliphatic carbocycles. The highest BCUT2D eigenvalue weighted by Crippen LogP contribution is 2.39. The maximum absolute atomic E-state index is 13.2. The van der Waals surface area contributed by atoms with Crippen molar-refractivity contribution in [2.24, 2.45) is 0 Å². The zero-order chi connectivity index (χ0) is 30.0. The fourth-order valence-corrected chi connectivity index (χ4v) is 4.61. The van der Waals surface area contributed by atoms with Crippen molar-refractivity contribution in [1.82, 2.24) is 15.5 Å². The van der Waals surface area contributed by atoms with Gasteiger partial charge in [0, 0.05) is 49.6 Å². The molecule has 5 amide bonds. The van der Waals surface area contributed by atoms with Gasteiger partial charge in [-0.05, 0) is 47.4 Å². The van der Waals surface area contributed by atoms with E-state index in [1.807, 2.05) is 24.3 Å². The summed E-state index contributed by atoms with van der Waals surface area (Å²) >= 11 is 0. The van der Waals surface area contributed by atoms with E-state index in [9.17, 15) is 29.3 Å². The second kappa shape index (κ2) is 11.4. The van der Waals surface area contributed by atoms with Crippen LogP contribution in [0.2, 0.25) is 0 Å². The summed E-state index contributed by atoms with van der Waals surface area (Å²) in [7, 11) is 1.39. The molecule has 0 atom stereocenters. The Bertz CT molecular complexity index is 1690. The van der Waals surface area contributed by atoms with Gasteiger partial charge in [-0.3, -0.25) is 29.4 Å². The Morgan fingerprint density at radius 3 is 2.33 bits per heavy atom. The van der Waals surface area contributed by atoms with Crippen molar-refractivity contribution >= 4 is 58.2 Å². The molecule has 42 heavy (non-hydrogen) atoms. The van der Waals surface area contributed by atoms with Crippen LogP contribution in [0.15, 0.2) is 72.4 Å². The predicted octanol–water partition coefficient (Wildman–Crippen LogP) is 3.73. The molecule has 0 saturated carbocycles. The zero-order valence-corrected chi connectivity index (χ0v) is 22.7. The summed E-state index contributed by atoms with van der Waals surface area (Å²) in [5.41, 5.74) is 4.46. The van der Waals surface area contributed by atoms with E-state index in [2.05, 4.69) is 21.3 Å². The molecule has 212 valence electrons. The number of hydrogen-bond acceptors (Lipinski definition) is 7. The number of non-ortho nitro benzene ring substituents is 1. The number of hydrogen-bond donors (Lipinski definition) is 4. The number of amides is 5. The zero-order valence-electron chi connectivity index (χ0n) is 22.7. The number of nitrogens with zero attached hydrogens (tertiary/aromatic N) is 2. The molecule has 3 aromatic carbocycles. The van der Waals surface area contributed by atoms with Gasteiger partial charge in [-0.1, -0.05) is 36.4 Å². The molecule has 12 nitrogen and oxygen atoms in total. The number of urea groups is 1. The van der Waals surface area contributed by atoms with Crippen molar-refractivity contribution in [3.05, 3.63) is 105 Å². The average Bonchev–Trinajstić information content (AvgIpc) is 3.42. The third-order valence-corrected chi connectivity index (χ3v) is 6.81. The highest BCUT2D eigenvalue weighted by atomic mass is 16.6. The molecule has 0 radical (unpaired) electrons. The number of nitro benzene ring substituents is 1. The predicted molar refractivity (Wildman–Crippen MR) is 157 cm³/mol. The maximum Gasteiger partial charge on any atom is 0.328 e. The number of rotatable bonds is 8. The minimum absolute atomic E-state index is 0.114. The van der Waals surface area contributed by atoms with E-state index in [1.54, 1.807) is 30.3 Å². The van der Waals surface area contributed by atoms with Crippen molar-refractivity contribution in [3.8, 4) is 0 Å². The molecule has 0 bridgehead atoms. The lowest BCUT2D eigenvalue weighted by Gasteiger charge is -2.16. The van der Waals surface area contributed by atoms with Gasteiger partial charge in [0.1, 0.15) is 5.70 Å². The van der Waals surface area contributed by atoms with E-state index in [-0.39, 0.29) is 22.9 Å². The molecule has 0 spiro atoms. The number of carbonyl (C=O) groups is 4. The maximum atomic E-state index is 13.2. The standard InChI is InChI=1S/C30H26N6O6/c1-17(37)31-14-13-18-3-7-20(8-4-18)27(26-23-16-22(36(41)42)11-12-24(23)33-28(26)38)32-21-9-5-19(6-10-21)15-25-29(39)35(2)30(40)34-25/h3-12,15-16,32H,13-14H2,1-2H3,(H,31,37)(H,33,38)(H,34,40)/b25-15-,27-26-. The van der Waals surface area contributed by atoms with E-state index in [0.717, 1.165) is 10.5 Å². The second-order valence-corrected chi connectivity index (χ2v) is 9.72. The molecule has 4 N–H and O–H groups in total. The molecule has 12 heteroatoms. The molecule has 1 saturated heterocycles.